The molecule has 0 atom stereocenters. The third-order valence-electron chi connectivity index (χ3n) is 3.76. The van der Waals surface area contributed by atoms with Gasteiger partial charge in [-0.15, -0.1) is 0 Å². The van der Waals surface area contributed by atoms with Crippen LogP contribution in [0.25, 0.3) is 0 Å². The van der Waals surface area contributed by atoms with Crippen molar-refractivity contribution in [2.24, 2.45) is 0 Å². The van der Waals surface area contributed by atoms with E-state index in [4.69, 9.17) is 0 Å². The Morgan fingerprint density at radius 1 is 1.00 bits per heavy atom. The first kappa shape index (κ1) is 15.4. The summed E-state index contributed by atoms with van der Waals surface area (Å²) >= 11 is 0. The lowest BCUT2D eigenvalue weighted by Gasteiger charge is -2.21. The first-order chi connectivity index (χ1) is 10.2. The van der Waals surface area contributed by atoms with E-state index in [0.29, 0.717) is 12.2 Å². The molecule has 0 spiro atoms. The van der Waals surface area contributed by atoms with E-state index in [2.05, 4.69) is 48.3 Å². The molecule has 2 aromatic carbocycles. The van der Waals surface area contributed by atoms with E-state index < -0.39 is 0 Å². The number of hydrogen-bond acceptors (Lipinski definition) is 2. The van der Waals surface area contributed by atoms with E-state index in [0.717, 1.165) is 24.2 Å². The van der Waals surface area contributed by atoms with Crippen LogP contribution in [0.2, 0.25) is 0 Å². The van der Waals surface area contributed by atoms with E-state index in [1.54, 1.807) is 6.07 Å². The Labute approximate surface area is 126 Å². The third-order valence-corrected chi connectivity index (χ3v) is 3.76. The third kappa shape index (κ3) is 3.75. The highest BCUT2D eigenvalue weighted by atomic mass is 19.1. The van der Waals surface area contributed by atoms with E-state index in [1.165, 1.54) is 11.8 Å². The SMILES string of the molecule is CCN(CC)c1ccc(CNc2c(C)cccc2F)cc1. The van der Waals surface area contributed by atoms with Crippen molar-refractivity contribution in [2.75, 3.05) is 23.3 Å². The number of aryl methyl sites for hydroxylation is 1. The molecule has 0 bridgehead atoms. The number of hydrogen-bond donors (Lipinski definition) is 1. The number of halogens is 1. The molecule has 0 saturated carbocycles. The molecule has 0 saturated heterocycles. The van der Waals surface area contributed by atoms with E-state index in [-0.39, 0.29) is 5.82 Å². The Bertz CT molecular complexity index is 554. The lowest BCUT2D eigenvalue weighted by atomic mass is 10.1. The molecule has 2 aromatic rings. The maximum atomic E-state index is 13.7. The molecule has 2 nitrogen and oxygen atoms in total. The summed E-state index contributed by atoms with van der Waals surface area (Å²) in [6.07, 6.45) is 0. The van der Waals surface area contributed by atoms with Gasteiger partial charge in [-0.3, -0.25) is 0 Å². The number of nitrogens with one attached hydrogen (secondary N) is 1. The van der Waals surface area contributed by atoms with Crippen molar-refractivity contribution in [2.45, 2.75) is 27.3 Å². The Kier molecular flexibility index (Phi) is 5.20. The van der Waals surface area contributed by atoms with Crippen molar-refractivity contribution < 1.29 is 4.39 Å². The van der Waals surface area contributed by atoms with Crippen molar-refractivity contribution in [1.82, 2.24) is 0 Å². The van der Waals surface area contributed by atoms with Gasteiger partial charge in [0.25, 0.3) is 0 Å². The van der Waals surface area contributed by atoms with Gasteiger partial charge in [0.2, 0.25) is 0 Å². The van der Waals surface area contributed by atoms with Crippen LogP contribution in [-0.2, 0) is 6.54 Å². The minimum atomic E-state index is -0.199. The van der Waals surface area contributed by atoms with Gasteiger partial charge in [-0.25, -0.2) is 4.39 Å². The fourth-order valence-electron chi connectivity index (χ4n) is 2.46. The molecule has 0 amide bonds. The van der Waals surface area contributed by atoms with Crippen molar-refractivity contribution >= 4 is 11.4 Å². The summed E-state index contributed by atoms with van der Waals surface area (Å²) in [6.45, 7) is 8.85. The Balaban J connectivity index is 2.04. The monoisotopic (exact) mass is 286 g/mol. The second-order valence-corrected chi connectivity index (χ2v) is 5.12. The van der Waals surface area contributed by atoms with Gasteiger partial charge >= 0.3 is 0 Å². The van der Waals surface area contributed by atoms with E-state index >= 15 is 0 Å². The van der Waals surface area contributed by atoms with Crippen LogP contribution in [0.4, 0.5) is 15.8 Å². The second-order valence-electron chi connectivity index (χ2n) is 5.12. The van der Waals surface area contributed by atoms with Gasteiger partial charge in [-0.2, -0.15) is 0 Å². The van der Waals surface area contributed by atoms with Gasteiger partial charge in [0.05, 0.1) is 5.69 Å². The van der Waals surface area contributed by atoms with Gasteiger partial charge < -0.3 is 10.2 Å². The van der Waals surface area contributed by atoms with Crippen molar-refractivity contribution in [3.63, 3.8) is 0 Å². The zero-order valence-electron chi connectivity index (χ0n) is 13.0. The number of para-hydroxylation sites is 1. The molecule has 2 rings (SSSR count). The van der Waals surface area contributed by atoms with Gasteiger partial charge in [0.1, 0.15) is 5.82 Å². The minimum Gasteiger partial charge on any atom is -0.378 e. The molecule has 1 N–H and O–H groups in total. The summed E-state index contributed by atoms with van der Waals surface area (Å²) in [4.78, 5) is 2.30. The van der Waals surface area contributed by atoms with Crippen molar-refractivity contribution in [1.29, 1.82) is 0 Å². The quantitative estimate of drug-likeness (QED) is 0.835. The molecule has 112 valence electrons. The maximum absolute atomic E-state index is 13.7. The molecule has 0 aliphatic heterocycles. The van der Waals surface area contributed by atoms with Gasteiger partial charge in [0, 0.05) is 25.3 Å². The van der Waals surface area contributed by atoms with Crippen molar-refractivity contribution in [3.8, 4) is 0 Å². The summed E-state index contributed by atoms with van der Waals surface area (Å²) < 4.78 is 13.7. The summed E-state index contributed by atoms with van der Waals surface area (Å²) in [5, 5.41) is 3.19. The molecule has 0 aromatic heterocycles. The number of rotatable bonds is 6. The summed E-state index contributed by atoms with van der Waals surface area (Å²) in [6, 6.07) is 13.6. The number of benzene rings is 2. The van der Waals surface area contributed by atoms with Gasteiger partial charge in [-0.1, -0.05) is 24.3 Å². The molecule has 0 aliphatic rings. The van der Waals surface area contributed by atoms with E-state index in [9.17, 15) is 4.39 Å². The van der Waals surface area contributed by atoms with Crippen LogP contribution in [-0.4, -0.2) is 13.1 Å². The zero-order chi connectivity index (χ0) is 15.2. The highest BCUT2D eigenvalue weighted by molar-refractivity contribution is 5.53. The highest BCUT2D eigenvalue weighted by Gasteiger charge is 2.05. The molecule has 0 unspecified atom stereocenters. The van der Waals surface area contributed by atoms with Crippen LogP contribution in [0.5, 0.6) is 0 Å². The first-order valence-electron chi connectivity index (χ1n) is 7.48. The molecule has 3 heteroatoms. The van der Waals surface area contributed by atoms with Gasteiger partial charge in [-0.05, 0) is 50.1 Å². The predicted octanol–water partition coefficient (Wildman–Crippen LogP) is 4.59. The molecule has 0 aliphatic carbocycles. The average molecular weight is 286 g/mol. The normalized spacial score (nSPS) is 10.5. The van der Waals surface area contributed by atoms with Crippen molar-refractivity contribution in [3.05, 3.63) is 59.4 Å². The lowest BCUT2D eigenvalue weighted by molar-refractivity contribution is 0.629. The standard InChI is InChI=1S/C18H23FN2/c1-4-21(5-2)16-11-9-15(10-12-16)13-20-18-14(3)7-6-8-17(18)19/h6-12,20H,4-5,13H2,1-3H3. The molecular formula is C18H23FN2. The Morgan fingerprint density at radius 2 is 1.67 bits per heavy atom. The predicted molar refractivity (Wildman–Crippen MR) is 88.5 cm³/mol. The smallest absolute Gasteiger partial charge is 0.146 e. The second kappa shape index (κ2) is 7.11. The Morgan fingerprint density at radius 3 is 2.24 bits per heavy atom. The minimum absolute atomic E-state index is 0.199. The summed E-state index contributed by atoms with van der Waals surface area (Å²) in [5.74, 6) is -0.199. The average Bonchev–Trinajstić information content (AvgIpc) is 2.49. The first-order valence-corrected chi connectivity index (χ1v) is 7.48. The highest BCUT2D eigenvalue weighted by Crippen LogP contribution is 2.20. The van der Waals surface area contributed by atoms with Crippen LogP contribution in [0.1, 0.15) is 25.0 Å². The Hall–Kier alpha value is -2.03. The fraction of sp³-hybridized carbons (Fsp3) is 0.333. The molecular weight excluding hydrogens is 263 g/mol. The van der Waals surface area contributed by atoms with Crippen LogP contribution < -0.4 is 10.2 Å². The van der Waals surface area contributed by atoms with Gasteiger partial charge in [0.15, 0.2) is 0 Å². The zero-order valence-corrected chi connectivity index (χ0v) is 13.0. The number of anilines is 2. The van der Waals surface area contributed by atoms with Crippen LogP contribution in [0, 0.1) is 12.7 Å². The molecule has 0 fully saturated rings. The molecule has 21 heavy (non-hydrogen) atoms. The van der Waals surface area contributed by atoms with Crippen LogP contribution in [0.15, 0.2) is 42.5 Å². The molecule has 0 heterocycles. The topological polar surface area (TPSA) is 15.3 Å². The lowest BCUT2D eigenvalue weighted by Crippen LogP contribution is -2.21. The summed E-state index contributed by atoms with van der Waals surface area (Å²) in [7, 11) is 0. The van der Waals surface area contributed by atoms with E-state index in [1.807, 2.05) is 13.0 Å². The number of nitrogens with zero attached hydrogens (tertiary/aromatic N) is 1. The molecule has 0 radical (unpaired) electrons. The summed E-state index contributed by atoms with van der Waals surface area (Å²) in [5.41, 5.74) is 3.89. The van der Waals surface area contributed by atoms with Crippen LogP contribution >= 0.6 is 0 Å². The largest absolute Gasteiger partial charge is 0.378 e. The maximum Gasteiger partial charge on any atom is 0.146 e. The van der Waals surface area contributed by atoms with Crippen LogP contribution in [0.3, 0.4) is 0 Å². The fourth-order valence-corrected chi connectivity index (χ4v) is 2.46.